The number of nitrogens with one attached hydrogen (secondary N) is 1. The number of fused-ring (bicyclic) bond motifs is 1. The number of halogens is 1. The number of H-pyrrole nitrogens is 1. The number of hydrogen-bond acceptors (Lipinski definition) is 8. The van der Waals surface area contributed by atoms with Crippen molar-refractivity contribution in [3.05, 3.63) is 3.83 Å². The molecule has 1 saturated heterocycles. The topological polar surface area (TPSA) is 128 Å². The van der Waals surface area contributed by atoms with E-state index in [1.165, 1.54) is 0 Å². The van der Waals surface area contributed by atoms with Gasteiger partial charge in [0.1, 0.15) is 0 Å². The molecule has 0 aliphatic carbocycles. The second kappa shape index (κ2) is 6.34. The van der Waals surface area contributed by atoms with E-state index in [1.54, 1.807) is 6.92 Å². The van der Waals surface area contributed by atoms with Gasteiger partial charge in [-0.3, -0.25) is 0 Å². The number of aliphatic hydroxyl groups is 3. The van der Waals surface area contributed by atoms with Crippen molar-refractivity contribution < 1.29 is 41.3 Å². The second-order valence-corrected chi connectivity index (χ2v) is 7.77. The van der Waals surface area contributed by atoms with Crippen molar-refractivity contribution in [1.29, 1.82) is 0 Å². The Morgan fingerprint density at radius 3 is 2.83 bits per heavy atom. The predicted molar refractivity (Wildman–Crippen MR) is 77.2 cm³/mol. The van der Waals surface area contributed by atoms with E-state index in [0.717, 1.165) is 23.2 Å². The van der Waals surface area contributed by atoms with Crippen LogP contribution in [0.1, 0.15) is 19.8 Å². The summed E-state index contributed by atoms with van der Waals surface area (Å²) < 4.78 is 5.68. The number of ether oxygens (including phenoxy) is 1. The Hall–Kier alpha value is -1.24. The van der Waals surface area contributed by atoms with Crippen LogP contribution in [0.5, 0.6) is 5.88 Å². The third-order valence-corrected chi connectivity index (χ3v) is 5.15. The number of hydrogen-bond donors (Lipinski definition) is 4. The molecule has 0 amide bonds. The van der Waals surface area contributed by atoms with Crippen LogP contribution < -0.4 is 30.8 Å². The summed E-state index contributed by atoms with van der Waals surface area (Å²) in [6, 6.07) is 0. The fraction of sp³-hybridized carbons (Fsp3) is 0.615. The van der Waals surface area contributed by atoms with Crippen LogP contribution in [0.15, 0.2) is 0 Å². The summed E-state index contributed by atoms with van der Waals surface area (Å²) in [5, 5.41) is 35.7. The number of aromatic amines is 1. The maximum atomic E-state index is 10.4. The van der Waals surface area contributed by atoms with Crippen molar-refractivity contribution in [1.82, 2.24) is 20.2 Å². The number of piperidine rings is 1. The van der Waals surface area contributed by atoms with Gasteiger partial charge in [0, 0.05) is 0 Å². The number of alkyl halides is 1. The molecule has 0 unspecified atom stereocenters. The summed E-state index contributed by atoms with van der Waals surface area (Å²) in [5.41, 5.74) is -0.300. The molecule has 1 aliphatic rings. The first-order chi connectivity index (χ1) is 10.9. The average molecular weight is 436 g/mol. The van der Waals surface area contributed by atoms with Gasteiger partial charge in [-0.2, -0.15) is 0 Å². The number of aliphatic hydroxyl groups excluding tert-OH is 1. The summed E-state index contributed by atoms with van der Waals surface area (Å²) >= 11 is -0.336. The monoisotopic (exact) mass is 436 g/mol. The van der Waals surface area contributed by atoms with Gasteiger partial charge in [0.15, 0.2) is 0 Å². The van der Waals surface area contributed by atoms with E-state index >= 15 is 0 Å². The average Bonchev–Trinajstić information content (AvgIpc) is 2.87. The number of rotatable bonds is 4. The van der Waals surface area contributed by atoms with Crippen molar-refractivity contribution in [2.75, 3.05) is 22.9 Å². The summed E-state index contributed by atoms with van der Waals surface area (Å²) in [6.45, 7) is 1.01. The van der Waals surface area contributed by atoms with Crippen LogP contribution in [0.4, 0.5) is 5.82 Å². The van der Waals surface area contributed by atoms with E-state index < -0.39 is 12.1 Å². The van der Waals surface area contributed by atoms with E-state index in [-0.39, 0.29) is 27.1 Å². The third kappa shape index (κ3) is 3.49. The van der Waals surface area contributed by atoms with Crippen LogP contribution in [-0.2, 0) is 0 Å². The molecular weight excluding hydrogens is 417 g/mol. The van der Waals surface area contributed by atoms with Gasteiger partial charge in [-0.05, 0) is 0 Å². The van der Waals surface area contributed by atoms with E-state index in [0.29, 0.717) is 23.4 Å². The molecule has 1 atom stereocenters. The van der Waals surface area contributed by atoms with Gasteiger partial charge in [-0.15, -0.1) is 0 Å². The Labute approximate surface area is 143 Å². The van der Waals surface area contributed by atoms with Crippen LogP contribution in [0, 0.1) is 3.83 Å². The molecule has 9 nitrogen and oxygen atoms in total. The van der Waals surface area contributed by atoms with Gasteiger partial charge in [0.2, 0.25) is 0 Å². The summed E-state index contributed by atoms with van der Waals surface area (Å²) in [5.74, 6) is 0.645. The zero-order valence-corrected chi connectivity index (χ0v) is 15.0. The zero-order valence-electron chi connectivity index (χ0n) is 12.8. The molecule has 0 saturated carbocycles. The minimum atomic E-state index is -1.97. The van der Waals surface area contributed by atoms with E-state index in [9.17, 15) is 5.11 Å². The van der Waals surface area contributed by atoms with E-state index in [2.05, 4.69) is 25.1 Å². The first kappa shape index (κ1) is 16.6. The molecule has 1 fully saturated rings. The van der Waals surface area contributed by atoms with Gasteiger partial charge in [-0.1, -0.05) is 0 Å². The molecule has 0 bridgehead atoms. The number of anilines is 1. The minimum absolute atomic E-state index is 0.0380. The number of nitrogens with zero attached hydrogens (tertiary/aromatic N) is 4. The normalized spacial score (nSPS) is 22.3. The maximum absolute atomic E-state index is 10.4. The Balaban J connectivity index is 2.10. The third-order valence-electron chi connectivity index (χ3n) is 3.70. The van der Waals surface area contributed by atoms with Crippen molar-refractivity contribution in [2.45, 2.75) is 31.8 Å². The Kier molecular flexibility index (Phi) is 4.58. The number of β-amino-alcohol motifs (C(OH)–C–C–N with tert-alkyl or cyclic N) is 1. The first-order valence-electron chi connectivity index (χ1n) is 7.15. The van der Waals surface area contributed by atoms with E-state index in [4.69, 9.17) is 14.9 Å². The Morgan fingerprint density at radius 1 is 1.39 bits per heavy atom. The Morgan fingerprint density at radius 2 is 2.17 bits per heavy atom. The second-order valence-electron chi connectivity index (χ2n) is 5.72. The first-order valence-corrected chi connectivity index (χ1v) is 10.4. The van der Waals surface area contributed by atoms with Crippen LogP contribution in [0.25, 0.3) is 11.0 Å². The predicted octanol–water partition coefficient (Wildman–Crippen LogP) is -3.76. The van der Waals surface area contributed by atoms with Crippen LogP contribution in [0.3, 0.4) is 0 Å². The van der Waals surface area contributed by atoms with Crippen molar-refractivity contribution in [3.63, 3.8) is 0 Å². The van der Waals surface area contributed by atoms with Crippen LogP contribution >= 0.6 is 0 Å². The fourth-order valence-electron chi connectivity index (χ4n) is 2.76. The molecule has 1 aliphatic heterocycles. The molecule has 23 heavy (non-hydrogen) atoms. The summed E-state index contributed by atoms with van der Waals surface area (Å²) in [7, 11) is 0. The van der Waals surface area contributed by atoms with Gasteiger partial charge < -0.3 is 0 Å². The molecule has 10 heteroatoms. The molecule has 0 radical (unpaired) electrons. The van der Waals surface area contributed by atoms with Gasteiger partial charge in [-0.25, -0.2) is 0 Å². The zero-order chi connectivity index (χ0) is 16.6. The van der Waals surface area contributed by atoms with E-state index in [1.807, 2.05) is 4.90 Å². The standard InChI is InChI=1S/C13H19IN5O4/c1-13(22)4-3-5-19(6-13)9-7-8(15-11(14-2)16-9)17-18-10(7)23-12(20)21/h12,20-22H,3-6H2,1-2H3,(H,15,16,17,18)/q-1/t13-/m0/s1. The molecule has 3 rings (SSSR count). The SMILES string of the molecule is C[I-]c1nc(N2CCC[C@](C)(O)C2)c2c(OC(O)O)n[nH]c2n1. The molecule has 2 aromatic rings. The van der Waals surface area contributed by atoms with Crippen molar-refractivity contribution in [3.8, 4) is 5.88 Å². The molecule has 2 aromatic heterocycles. The number of aromatic nitrogens is 4. The van der Waals surface area contributed by atoms with Gasteiger partial charge in [0.05, 0.1) is 0 Å². The molecular formula is C13H19IN5O4-. The molecule has 3 heterocycles. The quantitative estimate of drug-likeness (QED) is 0.167. The van der Waals surface area contributed by atoms with Crippen molar-refractivity contribution in [2.24, 2.45) is 0 Å². The molecule has 0 spiro atoms. The Bertz CT molecular complexity index is 705. The summed E-state index contributed by atoms with van der Waals surface area (Å²) in [6.07, 6.45) is 1.57. The summed E-state index contributed by atoms with van der Waals surface area (Å²) in [4.78, 5) is 13.0. The van der Waals surface area contributed by atoms with Gasteiger partial charge >= 0.3 is 143 Å². The fourth-order valence-corrected chi connectivity index (χ4v) is 3.71. The van der Waals surface area contributed by atoms with Gasteiger partial charge in [0.25, 0.3) is 0 Å². The molecule has 0 aromatic carbocycles. The molecule has 4 N–H and O–H groups in total. The molecule has 128 valence electrons. The van der Waals surface area contributed by atoms with Crippen molar-refractivity contribution >= 4 is 16.9 Å². The van der Waals surface area contributed by atoms with Crippen LogP contribution in [0.2, 0.25) is 0 Å². The van der Waals surface area contributed by atoms with Crippen LogP contribution in [-0.4, -0.2) is 65.6 Å².